The number of nitrogens with one attached hydrogen (secondary N) is 1. The Morgan fingerprint density at radius 1 is 1.42 bits per heavy atom. The number of likely N-dealkylation sites (tertiary alicyclic amines) is 1. The fourth-order valence-electron chi connectivity index (χ4n) is 2.19. The van der Waals surface area contributed by atoms with Gasteiger partial charge in [0.25, 0.3) is 0 Å². The summed E-state index contributed by atoms with van der Waals surface area (Å²) >= 11 is 0. The van der Waals surface area contributed by atoms with Crippen molar-refractivity contribution in [3.63, 3.8) is 0 Å². The van der Waals surface area contributed by atoms with Crippen molar-refractivity contribution < 1.29 is 8.42 Å². The highest BCUT2D eigenvalue weighted by Gasteiger charge is 2.19. The molecule has 1 saturated heterocycles. The molecule has 0 amide bonds. The van der Waals surface area contributed by atoms with Gasteiger partial charge >= 0.3 is 0 Å². The Morgan fingerprint density at radius 3 is 2.79 bits per heavy atom. The number of anilines is 1. The zero-order chi connectivity index (χ0) is 13.9. The van der Waals surface area contributed by atoms with Gasteiger partial charge in [0.05, 0.1) is 0 Å². The van der Waals surface area contributed by atoms with E-state index < -0.39 is 10.0 Å². The Hall–Kier alpha value is -1.12. The molecule has 104 valence electrons. The minimum absolute atomic E-state index is 0.0410. The predicted molar refractivity (Wildman–Crippen MR) is 77.7 cm³/mol. The van der Waals surface area contributed by atoms with Crippen LogP contribution in [0.15, 0.2) is 17.2 Å². The van der Waals surface area contributed by atoms with E-state index in [0.29, 0.717) is 6.54 Å². The summed E-state index contributed by atoms with van der Waals surface area (Å²) in [5, 5.41) is 0. The fraction of sp³-hybridized carbons (Fsp3) is 0.545. The van der Waals surface area contributed by atoms with Crippen LogP contribution in [-0.2, 0) is 10.0 Å². The first-order chi connectivity index (χ1) is 8.99. The van der Waals surface area contributed by atoms with E-state index in [0.717, 1.165) is 25.1 Å². The second-order valence-corrected chi connectivity index (χ2v) is 6.58. The van der Waals surface area contributed by atoms with Crippen molar-refractivity contribution >= 4 is 29.2 Å². The molecule has 0 bridgehead atoms. The molecule has 2 heterocycles. The van der Waals surface area contributed by atoms with Gasteiger partial charge in [0.2, 0.25) is 10.0 Å². The summed E-state index contributed by atoms with van der Waals surface area (Å²) in [4.78, 5) is 6.19. The summed E-state index contributed by atoms with van der Waals surface area (Å²) < 4.78 is 26.8. The molecule has 1 aromatic rings. The average molecular weight is 282 g/mol. The number of nitrogen functional groups attached to an aromatic ring is 1. The number of nitrogens with two attached hydrogens (primary N) is 1. The zero-order valence-electron chi connectivity index (χ0n) is 11.1. The van der Waals surface area contributed by atoms with Gasteiger partial charge in [0, 0.05) is 19.3 Å². The molecular formula is C11H19BN4O2S. The van der Waals surface area contributed by atoms with Crippen LogP contribution in [0.2, 0.25) is 0 Å². The van der Waals surface area contributed by atoms with Crippen LogP contribution in [0.4, 0.5) is 5.82 Å². The third-order valence-corrected chi connectivity index (χ3v) is 4.72. The predicted octanol–water partition coefficient (Wildman–Crippen LogP) is -1.70. The quantitative estimate of drug-likeness (QED) is 0.628. The SMILES string of the molecule is Bc1cnc(N)c(S(=O)(=O)NCCN2CCCC2)c1. The van der Waals surface area contributed by atoms with Crippen LogP contribution >= 0.6 is 0 Å². The third kappa shape index (κ3) is 3.68. The van der Waals surface area contributed by atoms with Crippen molar-refractivity contribution in [1.29, 1.82) is 0 Å². The lowest BCUT2D eigenvalue weighted by molar-refractivity contribution is 0.344. The van der Waals surface area contributed by atoms with Crippen LogP contribution in [0, 0.1) is 0 Å². The molecule has 1 aliphatic rings. The third-order valence-electron chi connectivity index (χ3n) is 3.23. The minimum Gasteiger partial charge on any atom is -0.383 e. The van der Waals surface area contributed by atoms with Crippen LogP contribution in [0.3, 0.4) is 0 Å². The highest BCUT2D eigenvalue weighted by molar-refractivity contribution is 7.89. The van der Waals surface area contributed by atoms with E-state index in [1.165, 1.54) is 12.8 Å². The van der Waals surface area contributed by atoms with E-state index in [-0.39, 0.29) is 10.7 Å². The highest BCUT2D eigenvalue weighted by atomic mass is 32.2. The maximum absolute atomic E-state index is 12.1. The van der Waals surface area contributed by atoms with E-state index in [1.54, 1.807) is 20.1 Å². The normalized spacial score (nSPS) is 16.8. The van der Waals surface area contributed by atoms with Gasteiger partial charge in [-0.3, -0.25) is 0 Å². The largest absolute Gasteiger partial charge is 0.383 e. The van der Waals surface area contributed by atoms with Gasteiger partial charge in [0.1, 0.15) is 18.6 Å². The smallest absolute Gasteiger partial charge is 0.244 e. The van der Waals surface area contributed by atoms with Gasteiger partial charge in [-0.25, -0.2) is 18.1 Å². The summed E-state index contributed by atoms with van der Waals surface area (Å²) in [5.74, 6) is 0.0410. The summed E-state index contributed by atoms with van der Waals surface area (Å²) in [7, 11) is -1.78. The molecule has 0 spiro atoms. The van der Waals surface area contributed by atoms with Gasteiger partial charge in [-0.05, 0) is 32.0 Å². The molecule has 0 saturated carbocycles. The molecule has 0 aromatic carbocycles. The van der Waals surface area contributed by atoms with Crippen molar-refractivity contribution in [2.45, 2.75) is 17.7 Å². The number of aromatic nitrogens is 1. The summed E-state index contributed by atoms with van der Waals surface area (Å²) in [6.07, 6.45) is 3.95. The summed E-state index contributed by atoms with van der Waals surface area (Å²) in [6.45, 7) is 3.24. The van der Waals surface area contributed by atoms with Gasteiger partial charge in [0.15, 0.2) is 0 Å². The topological polar surface area (TPSA) is 88.3 Å². The molecule has 0 radical (unpaired) electrons. The van der Waals surface area contributed by atoms with Gasteiger partial charge in [-0.15, -0.1) is 0 Å². The standard InChI is InChI=1S/C11H19BN4O2S/c12-9-7-10(11(13)14-8-9)19(17,18)15-3-6-16-4-1-2-5-16/h7-8,15H,1-6,12H2,(H2,13,14). The van der Waals surface area contributed by atoms with Crippen LogP contribution in [0.5, 0.6) is 0 Å². The lowest BCUT2D eigenvalue weighted by Gasteiger charge is -2.15. The van der Waals surface area contributed by atoms with E-state index in [9.17, 15) is 8.42 Å². The van der Waals surface area contributed by atoms with Crippen LogP contribution < -0.4 is 15.9 Å². The first kappa shape index (κ1) is 14.3. The molecule has 3 N–H and O–H groups in total. The molecule has 0 aliphatic carbocycles. The van der Waals surface area contributed by atoms with Gasteiger partial charge in [-0.2, -0.15) is 0 Å². The molecule has 19 heavy (non-hydrogen) atoms. The van der Waals surface area contributed by atoms with Crippen molar-refractivity contribution in [2.75, 3.05) is 31.9 Å². The molecule has 1 aliphatic heterocycles. The lowest BCUT2D eigenvalue weighted by Crippen LogP contribution is -2.34. The monoisotopic (exact) mass is 282 g/mol. The van der Waals surface area contributed by atoms with Crippen molar-refractivity contribution in [3.8, 4) is 0 Å². The second kappa shape index (κ2) is 5.89. The van der Waals surface area contributed by atoms with E-state index >= 15 is 0 Å². The number of pyridine rings is 1. The van der Waals surface area contributed by atoms with Gasteiger partial charge in [-0.1, -0.05) is 5.46 Å². The molecule has 2 rings (SSSR count). The maximum Gasteiger partial charge on any atom is 0.244 e. The number of nitrogens with zero attached hydrogens (tertiary/aromatic N) is 2. The maximum atomic E-state index is 12.1. The number of hydrogen-bond acceptors (Lipinski definition) is 5. The number of rotatable bonds is 5. The molecule has 0 unspecified atom stereocenters. The van der Waals surface area contributed by atoms with Crippen molar-refractivity contribution in [2.24, 2.45) is 0 Å². The summed E-state index contributed by atoms with van der Waals surface area (Å²) in [6, 6.07) is 1.54. The van der Waals surface area contributed by atoms with E-state index in [4.69, 9.17) is 5.73 Å². The average Bonchev–Trinajstić information content (AvgIpc) is 2.85. The first-order valence-corrected chi connectivity index (χ1v) is 7.91. The second-order valence-electron chi connectivity index (χ2n) is 4.84. The Labute approximate surface area is 114 Å². The molecule has 1 aromatic heterocycles. The first-order valence-electron chi connectivity index (χ1n) is 6.43. The Bertz CT molecular complexity index is 544. The van der Waals surface area contributed by atoms with Crippen molar-refractivity contribution in [1.82, 2.24) is 14.6 Å². The van der Waals surface area contributed by atoms with Crippen LogP contribution in [-0.4, -0.2) is 52.3 Å². The fourth-order valence-corrected chi connectivity index (χ4v) is 3.37. The van der Waals surface area contributed by atoms with Crippen LogP contribution in [0.1, 0.15) is 12.8 Å². The van der Waals surface area contributed by atoms with Crippen LogP contribution in [0.25, 0.3) is 0 Å². The van der Waals surface area contributed by atoms with E-state index in [2.05, 4.69) is 14.6 Å². The van der Waals surface area contributed by atoms with E-state index in [1.807, 2.05) is 0 Å². The molecule has 6 nitrogen and oxygen atoms in total. The summed E-state index contributed by atoms with van der Waals surface area (Å²) in [5.41, 5.74) is 6.40. The molecule has 8 heteroatoms. The Balaban J connectivity index is 1.99. The molecule has 1 fully saturated rings. The van der Waals surface area contributed by atoms with Gasteiger partial charge < -0.3 is 10.6 Å². The Morgan fingerprint density at radius 2 is 2.11 bits per heavy atom. The molecular weight excluding hydrogens is 263 g/mol. The zero-order valence-corrected chi connectivity index (χ0v) is 11.9. The highest BCUT2D eigenvalue weighted by Crippen LogP contribution is 2.13. The number of sulfonamides is 1. The van der Waals surface area contributed by atoms with Crippen molar-refractivity contribution in [3.05, 3.63) is 12.3 Å². The molecule has 0 atom stereocenters. The number of hydrogen-bond donors (Lipinski definition) is 2. The minimum atomic E-state index is -3.57. The lowest BCUT2D eigenvalue weighted by atomic mass is 9.99. The Kier molecular flexibility index (Phi) is 4.44.